The molecule has 1 fully saturated rings. The van der Waals surface area contributed by atoms with Crippen molar-refractivity contribution >= 4 is 17.5 Å². The van der Waals surface area contributed by atoms with Crippen LogP contribution < -0.4 is 10.1 Å². The molecule has 0 bridgehead atoms. The summed E-state index contributed by atoms with van der Waals surface area (Å²) in [6, 6.07) is 9.49. The van der Waals surface area contributed by atoms with Crippen LogP contribution in [0.1, 0.15) is 28.0 Å². The highest BCUT2D eigenvalue weighted by Gasteiger charge is 2.28. The molecule has 9 heteroatoms. The van der Waals surface area contributed by atoms with Crippen LogP contribution in [-0.4, -0.2) is 57.8 Å². The van der Waals surface area contributed by atoms with Crippen LogP contribution in [0.3, 0.4) is 0 Å². The van der Waals surface area contributed by atoms with E-state index in [-0.39, 0.29) is 17.8 Å². The fourth-order valence-corrected chi connectivity index (χ4v) is 4.30. The molecule has 2 unspecified atom stereocenters. The van der Waals surface area contributed by atoms with E-state index in [1.807, 2.05) is 22.6 Å². The summed E-state index contributed by atoms with van der Waals surface area (Å²) in [5.74, 6) is -0.106. The molecular formula is C24H26ClFN4O3. The van der Waals surface area contributed by atoms with Crippen LogP contribution in [0.2, 0.25) is 5.02 Å². The summed E-state index contributed by atoms with van der Waals surface area (Å²) in [6.45, 7) is 3.11. The first kappa shape index (κ1) is 23.2. The van der Waals surface area contributed by atoms with Gasteiger partial charge in [-0.15, -0.1) is 0 Å². The lowest BCUT2D eigenvalue weighted by Gasteiger charge is -2.36. The van der Waals surface area contributed by atoms with Gasteiger partial charge in [0.15, 0.2) is 0 Å². The van der Waals surface area contributed by atoms with Gasteiger partial charge in [-0.25, -0.2) is 9.37 Å². The van der Waals surface area contributed by atoms with Crippen molar-refractivity contribution in [2.45, 2.75) is 32.0 Å². The highest BCUT2D eigenvalue weighted by atomic mass is 35.5. The lowest BCUT2D eigenvalue weighted by atomic mass is 10.0. The number of nitrogens with one attached hydrogen (secondary N) is 1. The van der Waals surface area contributed by atoms with Crippen LogP contribution in [0.5, 0.6) is 5.75 Å². The summed E-state index contributed by atoms with van der Waals surface area (Å²) in [5.41, 5.74) is 2.59. The maximum Gasteiger partial charge on any atom is 0.251 e. The van der Waals surface area contributed by atoms with E-state index in [1.165, 1.54) is 6.07 Å². The first-order valence-corrected chi connectivity index (χ1v) is 11.0. The number of aromatic nitrogens is 2. The number of nitrogens with zero attached hydrogens (tertiary/aromatic N) is 3. The van der Waals surface area contributed by atoms with Crippen LogP contribution in [0, 0.1) is 12.7 Å². The van der Waals surface area contributed by atoms with Crippen molar-refractivity contribution < 1.29 is 19.0 Å². The molecule has 1 aliphatic heterocycles. The van der Waals surface area contributed by atoms with Gasteiger partial charge in [0.2, 0.25) is 0 Å². The molecule has 1 amide bonds. The SMILES string of the molecule is COc1cc(C(=O)NC2CC(O)CN(Cc3ccc(Cl)cc3F)C2)ccc1-n1cnc(C)c1. The maximum atomic E-state index is 14.2. The Kier molecular flexibility index (Phi) is 6.97. The molecule has 0 aliphatic carbocycles. The summed E-state index contributed by atoms with van der Waals surface area (Å²) in [4.78, 5) is 19.1. The summed E-state index contributed by atoms with van der Waals surface area (Å²) in [7, 11) is 1.55. The summed E-state index contributed by atoms with van der Waals surface area (Å²) >= 11 is 5.83. The first-order chi connectivity index (χ1) is 15.8. The minimum absolute atomic E-state index is 0.265. The van der Waals surface area contributed by atoms with Gasteiger partial charge in [0.05, 0.1) is 30.9 Å². The number of aliphatic hydroxyl groups excluding tert-OH is 1. The standard InChI is InChI=1S/C24H26ClFN4O3/c1-15-10-30(14-27-15)22-6-4-16(7-23(22)33-2)24(32)28-19-9-20(31)13-29(12-19)11-17-3-5-18(25)8-21(17)26/h3-8,10,14,19-20,31H,9,11-13H2,1-2H3,(H,28,32). The second-order valence-corrected chi connectivity index (χ2v) is 8.74. The van der Waals surface area contributed by atoms with Crippen molar-refractivity contribution in [1.82, 2.24) is 19.8 Å². The monoisotopic (exact) mass is 472 g/mol. The van der Waals surface area contributed by atoms with Gasteiger partial charge in [0, 0.05) is 48.0 Å². The number of likely N-dealkylation sites (tertiary alicyclic amines) is 1. The predicted octanol–water partition coefficient (Wildman–Crippen LogP) is 3.35. The van der Waals surface area contributed by atoms with Crippen molar-refractivity contribution in [2.75, 3.05) is 20.2 Å². The fourth-order valence-electron chi connectivity index (χ4n) is 4.14. The van der Waals surface area contributed by atoms with Crippen LogP contribution in [0.15, 0.2) is 48.9 Å². The number of hydrogen-bond donors (Lipinski definition) is 2. The van der Waals surface area contributed by atoms with Crippen LogP contribution in [0.25, 0.3) is 5.69 Å². The number of benzene rings is 2. The van der Waals surface area contributed by atoms with Crippen molar-refractivity contribution in [3.63, 3.8) is 0 Å². The molecule has 2 heterocycles. The number of ether oxygens (including phenoxy) is 1. The summed E-state index contributed by atoms with van der Waals surface area (Å²) < 4.78 is 21.5. The number of aliphatic hydroxyl groups is 1. The third-order valence-corrected chi connectivity index (χ3v) is 5.92. The van der Waals surface area contributed by atoms with E-state index in [9.17, 15) is 14.3 Å². The molecule has 2 aromatic carbocycles. The number of β-amino-alcohol motifs (C(OH)–C–C–N with tert-alkyl or cyclic N) is 1. The number of piperidine rings is 1. The number of imidazole rings is 1. The smallest absolute Gasteiger partial charge is 0.251 e. The Labute approximate surface area is 196 Å². The molecule has 1 aliphatic rings. The topological polar surface area (TPSA) is 79.6 Å². The molecule has 1 aromatic heterocycles. The molecule has 3 aromatic rings. The minimum Gasteiger partial charge on any atom is -0.495 e. The van der Waals surface area contributed by atoms with Crippen molar-refractivity contribution in [3.8, 4) is 11.4 Å². The quantitative estimate of drug-likeness (QED) is 0.575. The Bertz CT molecular complexity index is 1150. The molecule has 33 heavy (non-hydrogen) atoms. The number of carbonyl (C=O) groups is 1. The Morgan fingerprint density at radius 1 is 1.30 bits per heavy atom. The second kappa shape index (κ2) is 9.91. The van der Waals surface area contributed by atoms with Gasteiger partial charge in [0.1, 0.15) is 11.6 Å². The van der Waals surface area contributed by atoms with E-state index in [0.717, 1.165) is 11.4 Å². The van der Waals surface area contributed by atoms with Gasteiger partial charge in [-0.05, 0) is 43.7 Å². The van der Waals surface area contributed by atoms with Crippen LogP contribution >= 0.6 is 11.6 Å². The van der Waals surface area contributed by atoms with Gasteiger partial charge in [0.25, 0.3) is 5.91 Å². The highest BCUT2D eigenvalue weighted by Crippen LogP contribution is 2.25. The molecule has 0 spiro atoms. The van der Waals surface area contributed by atoms with Gasteiger partial charge in [-0.1, -0.05) is 17.7 Å². The van der Waals surface area contributed by atoms with E-state index in [0.29, 0.717) is 48.0 Å². The third kappa shape index (κ3) is 5.52. The minimum atomic E-state index is -0.624. The predicted molar refractivity (Wildman–Crippen MR) is 123 cm³/mol. The van der Waals surface area contributed by atoms with Gasteiger partial charge in [-0.2, -0.15) is 0 Å². The van der Waals surface area contributed by atoms with Gasteiger partial charge >= 0.3 is 0 Å². The number of rotatable bonds is 6. The fraction of sp³-hybridized carbons (Fsp3) is 0.333. The summed E-state index contributed by atoms with van der Waals surface area (Å²) in [5, 5.41) is 13.7. The van der Waals surface area contributed by atoms with E-state index in [2.05, 4.69) is 10.3 Å². The number of amides is 1. The maximum absolute atomic E-state index is 14.2. The second-order valence-electron chi connectivity index (χ2n) is 8.30. The number of methoxy groups -OCH3 is 1. The van der Waals surface area contributed by atoms with Gasteiger partial charge in [-0.3, -0.25) is 9.69 Å². The summed E-state index contributed by atoms with van der Waals surface area (Å²) in [6.07, 6.45) is 3.36. The molecular weight excluding hydrogens is 447 g/mol. The zero-order valence-electron chi connectivity index (χ0n) is 18.5. The van der Waals surface area contributed by atoms with E-state index >= 15 is 0 Å². The number of halogens is 2. The lowest BCUT2D eigenvalue weighted by Crippen LogP contribution is -2.52. The van der Waals surface area contributed by atoms with Crippen molar-refractivity contribution in [3.05, 3.63) is 76.6 Å². The third-order valence-electron chi connectivity index (χ3n) is 5.68. The lowest BCUT2D eigenvalue weighted by molar-refractivity contribution is 0.0454. The zero-order chi connectivity index (χ0) is 23.5. The number of aryl methyl sites for hydroxylation is 1. The molecule has 4 rings (SSSR count). The Balaban J connectivity index is 1.45. The van der Waals surface area contributed by atoms with E-state index in [1.54, 1.807) is 43.8 Å². The van der Waals surface area contributed by atoms with Gasteiger partial charge < -0.3 is 19.7 Å². The van der Waals surface area contributed by atoms with Crippen LogP contribution in [-0.2, 0) is 6.54 Å². The zero-order valence-corrected chi connectivity index (χ0v) is 19.2. The molecule has 2 N–H and O–H groups in total. The molecule has 7 nitrogen and oxygen atoms in total. The Morgan fingerprint density at radius 3 is 2.82 bits per heavy atom. The average Bonchev–Trinajstić information content (AvgIpc) is 3.21. The molecule has 0 radical (unpaired) electrons. The van der Waals surface area contributed by atoms with Crippen molar-refractivity contribution in [1.29, 1.82) is 0 Å². The molecule has 2 atom stereocenters. The number of hydrogen-bond acceptors (Lipinski definition) is 5. The largest absolute Gasteiger partial charge is 0.495 e. The molecule has 0 saturated carbocycles. The average molecular weight is 473 g/mol. The first-order valence-electron chi connectivity index (χ1n) is 10.7. The molecule has 1 saturated heterocycles. The van der Waals surface area contributed by atoms with Crippen LogP contribution in [0.4, 0.5) is 4.39 Å². The Hall–Kier alpha value is -2.94. The number of carbonyl (C=O) groups excluding carboxylic acids is 1. The van der Waals surface area contributed by atoms with E-state index in [4.69, 9.17) is 16.3 Å². The Morgan fingerprint density at radius 2 is 2.12 bits per heavy atom. The highest BCUT2D eigenvalue weighted by molar-refractivity contribution is 6.30. The molecule has 174 valence electrons. The normalized spacial score (nSPS) is 18.8. The van der Waals surface area contributed by atoms with E-state index < -0.39 is 6.10 Å². The van der Waals surface area contributed by atoms with Crippen molar-refractivity contribution in [2.24, 2.45) is 0 Å².